The lowest BCUT2D eigenvalue weighted by Crippen LogP contribution is -2.57. The Morgan fingerprint density at radius 2 is 1.15 bits per heavy atom. The van der Waals surface area contributed by atoms with Crippen LogP contribution in [0.1, 0.15) is 22.3 Å². The van der Waals surface area contributed by atoms with Gasteiger partial charge in [0.05, 0.1) is 11.3 Å². The largest absolute Gasteiger partial charge is 0.310 e. The Hall–Kier alpha value is -3.95. The van der Waals surface area contributed by atoms with E-state index in [4.69, 9.17) is 0 Å². The van der Waals surface area contributed by atoms with E-state index in [1.165, 1.54) is 0 Å². The first-order valence-electron chi connectivity index (χ1n) is 11.5. The van der Waals surface area contributed by atoms with Crippen molar-refractivity contribution in [1.82, 2.24) is 4.90 Å². The quantitative estimate of drug-likeness (QED) is 0.357. The van der Waals surface area contributed by atoms with Gasteiger partial charge in [-0.2, -0.15) is 0 Å². The minimum atomic E-state index is -1.04. The maximum absolute atomic E-state index is 14.8. The Balaban J connectivity index is 1.91. The molecule has 1 unspecified atom stereocenters. The predicted octanol–water partition coefficient (Wildman–Crippen LogP) is 6.37. The average molecular weight is 445 g/mol. The molecule has 3 nitrogen and oxygen atoms in total. The molecule has 1 heterocycles. The molecule has 168 valence electrons. The van der Waals surface area contributed by atoms with E-state index in [1.54, 1.807) is 0 Å². The number of aryl methyl sites for hydroxylation is 1. The van der Waals surface area contributed by atoms with Crippen molar-refractivity contribution in [2.75, 3.05) is 19.0 Å². The highest BCUT2D eigenvalue weighted by atomic mass is 16.1. The molecule has 0 amide bonds. The second-order valence-electron chi connectivity index (χ2n) is 8.89. The van der Waals surface area contributed by atoms with Gasteiger partial charge in [0, 0.05) is 11.3 Å². The molecule has 0 aromatic heterocycles. The molecule has 0 aliphatic carbocycles. The normalized spacial score (nSPS) is 18.1. The average Bonchev–Trinajstić information content (AvgIpc) is 3.16. The number of hydrogen-bond donors (Lipinski definition) is 0. The Labute approximate surface area is 201 Å². The van der Waals surface area contributed by atoms with Crippen molar-refractivity contribution in [2.24, 2.45) is 0 Å². The van der Waals surface area contributed by atoms with Crippen molar-refractivity contribution >= 4 is 22.7 Å². The van der Waals surface area contributed by atoms with Gasteiger partial charge in [-0.3, -0.25) is 9.69 Å². The van der Waals surface area contributed by atoms with Gasteiger partial charge in [-0.25, -0.2) is 0 Å². The van der Waals surface area contributed by atoms with E-state index >= 15 is 0 Å². The molecule has 0 saturated carbocycles. The first-order valence-corrected chi connectivity index (χ1v) is 11.5. The number of para-hydroxylation sites is 1. The summed E-state index contributed by atoms with van der Waals surface area (Å²) in [7, 11) is 3.98. The summed E-state index contributed by atoms with van der Waals surface area (Å²) < 4.78 is 0. The fourth-order valence-electron chi connectivity index (χ4n) is 5.00. The van der Waals surface area contributed by atoms with Crippen molar-refractivity contribution < 1.29 is 4.79 Å². The SMILES string of the molecule is Cc1ccc(C2(N(C)C)C(=O)C(c3ccccc3)=C(c3ccccc3)N2c2ccccc2)cc1. The van der Waals surface area contributed by atoms with Crippen LogP contribution in [0.25, 0.3) is 11.3 Å². The summed E-state index contributed by atoms with van der Waals surface area (Å²) in [6.45, 7) is 2.07. The zero-order valence-corrected chi connectivity index (χ0v) is 19.8. The lowest BCUT2D eigenvalue weighted by atomic mass is 9.88. The number of benzene rings is 4. The highest BCUT2D eigenvalue weighted by Gasteiger charge is 2.56. The van der Waals surface area contributed by atoms with E-state index in [0.717, 1.165) is 39.2 Å². The summed E-state index contributed by atoms with van der Waals surface area (Å²) in [6, 6.07) is 38.8. The third-order valence-corrected chi connectivity index (χ3v) is 6.55. The summed E-state index contributed by atoms with van der Waals surface area (Å²) in [5.41, 5.74) is 5.60. The Morgan fingerprint density at radius 1 is 0.647 bits per heavy atom. The van der Waals surface area contributed by atoms with Crippen LogP contribution in [0, 0.1) is 6.92 Å². The Morgan fingerprint density at radius 3 is 1.68 bits per heavy atom. The second kappa shape index (κ2) is 8.77. The lowest BCUT2D eigenvalue weighted by Gasteiger charge is -2.45. The molecule has 34 heavy (non-hydrogen) atoms. The van der Waals surface area contributed by atoms with Gasteiger partial charge >= 0.3 is 0 Å². The molecule has 0 bridgehead atoms. The number of hydrogen-bond acceptors (Lipinski definition) is 3. The minimum absolute atomic E-state index is 0.0651. The number of carbonyl (C=O) groups is 1. The van der Waals surface area contributed by atoms with Crippen LogP contribution in [0.5, 0.6) is 0 Å². The number of carbonyl (C=O) groups excluding carboxylic acids is 1. The van der Waals surface area contributed by atoms with Gasteiger partial charge in [0.2, 0.25) is 5.78 Å². The zero-order valence-electron chi connectivity index (χ0n) is 19.8. The molecule has 5 rings (SSSR count). The maximum atomic E-state index is 14.8. The Bertz CT molecular complexity index is 1330. The zero-order chi connectivity index (χ0) is 23.7. The van der Waals surface area contributed by atoms with Crippen LogP contribution in [0.4, 0.5) is 5.69 Å². The molecule has 0 radical (unpaired) electrons. The summed E-state index contributed by atoms with van der Waals surface area (Å²) in [6.07, 6.45) is 0. The fourth-order valence-corrected chi connectivity index (χ4v) is 5.00. The van der Waals surface area contributed by atoms with Gasteiger partial charge in [0.15, 0.2) is 5.66 Å². The summed E-state index contributed by atoms with van der Waals surface area (Å²) >= 11 is 0. The van der Waals surface area contributed by atoms with Crippen LogP contribution in [0.2, 0.25) is 0 Å². The summed E-state index contributed by atoms with van der Waals surface area (Å²) in [5.74, 6) is 0.0651. The molecule has 4 aromatic rings. The lowest BCUT2D eigenvalue weighted by molar-refractivity contribution is -0.123. The minimum Gasteiger partial charge on any atom is -0.310 e. The van der Waals surface area contributed by atoms with Crippen molar-refractivity contribution in [1.29, 1.82) is 0 Å². The monoisotopic (exact) mass is 444 g/mol. The molecule has 0 fully saturated rings. The van der Waals surface area contributed by atoms with E-state index in [1.807, 2.05) is 85.7 Å². The smallest absolute Gasteiger partial charge is 0.211 e. The first kappa shape index (κ1) is 21.9. The van der Waals surface area contributed by atoms with E-state index in [2.05, 4.69) is 60.4 Å². The van der Waals surface area contributed by atoms with Gasteiger partial charge in [0.25, 0.3) is 0 Å². The van der Waals surface area contributed by atoms with Gasteiger partial charge in [-0.15, -0.1) is 0 Å². The number of Topliss-reactive ketones (excluding diaryl/α,β-unsaturated/α-hetero) is 1. The van der Waals surface area contributed by atoms with Crippen LogP contribution < -0.4 is 4.90 Å². The van der Waals surface area contributed by atoms with Gasteiger partial charge in [0.1, 0.15) is 0 Å². The molecule has 0 spiro atoms. The third kappa shape index (κ3) is 3.37. The highest BCUT2D eigenvalue weighted by molar-refractivity contribution is 6.37. The molecule has 0 N–H and O–H groups in total. The van der Waals surface area contributed by atoms with Crippen LogP contribution >= 0.6 is 0 Å². The molecule has 3 heteroatoms. The van der Waals surface area contributed by atoms with E-state index in [-0.39, 0.29) is 5.78 Å². The molecule has 1 aliphatic rings. The third-order valence-electron chi connectivity index (χ3n) is 6.55. The fraction of sp³-hybridized carbons (Fsp3) is 0.129. The summed E-state index contributed by atoms with van der Waals surface area (Å²) in [4.78, 5) is 19.0. The molecular formula is C31H28N2O. The van der Waals surface area contributed by atoms with Crippen LogP contribution in [-0.4, -0.2) is 24.8 Å². The molecule has 0 saturated heterocycles. The number of nitrogens with zero attached hydrogens (tertiary/aromatic N) is 2. The molecular weight excluding hydrogens is 416 g/mol. The highest BCUT2D eigenvalue weighted by Crippen LogP contribution is 2.52. The molecule has 1 atom stereocenters. The Kier molecular flexibility index (Phi) is 5.64. The van der Waals surface area contributed by atoms with Crippen molar-refractivity contribution in [3.63, 3.8) is 0 Å². The second-order valence-corrected chi connectivity index (χ2v) is 8.89. The molecule has 4 aromatic carbocycles. The topological polar surface area (TPSA) is 23.6 Å². The van der Waals surface area contributed by atoms with E-state index in [9.17, 15) is 4.79 Å². The van der Waals surface area contributed by atoms with Crippen molar-refractivity contribution in [3.05, 3.63) is 138 Å². The number of likely N-dealkylation sites (N-methyl/N-ethyl adjacent to an activating group) is 1. The van der Waals surface area contributed by atoms with Crippen molar-refractivity contribution in [2.45, 2.75) is 12.6 Å². The van der Waals surface area contributed by atoms with Crippen molar-refractivity contribution in [3.8, 4) is 0 Å². The van der Waals surface area contributed by atoms with E-state index < -0.39 is 5.66 Å². The first-order chi connectivity index (χ1) is 16.5. The van der Waals surface area contributed by atoms with E-state index in [0.29, 0.717) is 0 Å². The van der Waals surface area contributed by atoms with Gasteiger partial charge < -0.3 is 4.90 Å². The van der Waals surface area contributed by atoms with Crippen LogP contribution in [0.15, 0.2) is 115 Å². The van der Waals surface area contributed by atoms with Gasteiger partial charge in [-0.05, 0) is 44.3 Å². The van der Waals surface area contributed by atoms with Crippen LogP contribution in [-0.2, 0) is 10.5 Å². The summed E-state index contributed by atoms with van der Waals surface area (Å²) in [5, 5.41) is 0. The van der Waals surface area contributed by atoms with Crippen LogP contribution in [0.3, 0.4) is 0 Å². The predicted molar refractivity (Wildman–Crippen MR) is 140 cm³/mol. The number of ketones is 1. The standard InChI is InChI=1S/C31H28N2O/c1-23-19-21-26(22-20-23)31(32(2)3)30(34)28(24-13-7-4-8-14-24)29(25-15-9-5-10-16-25)33(31)27-17-11-6-12-18-27/h4-22H,1-3H3. The number of rotatable bonds is 5. The maximum Gasteiger partial charge on any atom is 0.211 e. The number of anilines is 1. The molecule has 1 aliphatic heterocycles. The van der Waals surface area contributed by atoms with Gasteiger partial charge in [-0.1, -0.05) is 109 Å².